The minimum Gasteiger partial charge on any atom is -0.497 e. The summed E-state index contributed by atoms with van der Waals surface area (Å²) in [5, 5.41) is 0. The highest BCUT2D eigenvalue weighted by molar-refractivity contribution is 5.92. The molecule has 126 valence electrons. The number of hydrogen-bond acceptors (Lipinski definition) is 3. The molecule has 1 aromatic carbocycles. The van der Waals surface area contributed by atoms with Crippen LogP contribution in [-0.2, 0) is 0 Å². The molecule has 4 rings (SSSR count). The van der Waals surface area contributed by atoms with Gasteiger partial charge in [-0.25, -0.2) is 0 Å². The first-order valence-electron chi connectivity index (χ1n) is 8.44. The zero-order valence-corrected chi connectivity index (χ0v) is 14.1. The number of amides is 1. The lowest BCUT2D eigenvalue weighted by atomic mass is 9.89. The number of carbonyl (C=O) groups is 1. The fraction of sp³-hybridized carbons (Fsp3) is 0.421. The third kappa shape index (κ3) is 2.49. The normalized spacial score (nSPS) is 26.6. The van der Waals surface area contributed by atoms with Gasteiger partial charge in [0, 0.05) is 37.8 Å². The lowest BCUT2D eigenvalue weighted by Crippen LogP contribution is -2.33. The van der Waals surface area contributed by atoms with Crippen molar-refractivity contribution in [2.75, 3.05) is 33.8 Å². The Morgan fingerprint density at radius 3 is 2.62 bits per heavy atom. The number of aromatic nitrogens is 1. The fourth-order valence-electron chi connectivity index (χ4n) is 4.36. The smallest absolute Gasteiger partial charge is 0.270 e. The fourth-order valence-corrected chi connectivity index (χ4v) is 4.36. The number of nitrogens with one attached hydrogen (secondary N) is 1. The maximum Gasteiger partial charge on any atom is 0.270 e. The molecule has 1 aromatic heterocycles. The Balaban J connectivity index is 1.54. The lowest BCUT2D eigenvalue weighted by molar-refractivity contribution is 0.0763. The molecule has 2 saturated heterocycles. The van der Waals surface area contributed by atoms with Gasteiger partial charge in [0.15, 0.2) is 0 Å². The number of ether oxygens (including phenoxy) is 1. The van der Waals surface area contributed by atoms with E-state index in [-0.39, 0.29) is 5.91 Å². The molecular formula is C19H23N3O2. The first kappa shape index (κ1) is 15.3. The van der Waals surface area contributed by atoms with E-state index in [4.69, 9.17) is 4.74 Å². The van der Waals surface area contributed by atoms with Crippen molar-refractivity contribution < 1.29 is 9.53 Å². The highest BCUT2D eigenvalue weighted by Gasteiger charge is 2.47. The van der Waals surface area contributed by atoms with Crippen LogP contribution < -0.4 is 4.74 Å². The van der Waals surface area contributed by atoms with Crippen LogP contribution in [0.1, 0.15) is 22.1 Å². The van der Waals surface area contributed by atoms with Crippen molar-refractivity contribution in [1.29, 1.82) is 0 Å². The van der Waals surface area contributed by atoms with Gasteiger partial charge in [-0.2, -0.15) is 0 Å². The summed E-state index contributed by atoms with van der Waals surface area (Å²) < 4.78 is 5.27. The molecular weight excluding hydrogens is 302 g/mol. The molecule has 0 unspecified atom stereocenters. The van der Waals surface area contributed by atoms with Gasteiger partial charge in [0.1, 0.15) is 11.4 Å². The number of carbonyl (C=O) groups excluding carboxylic acids is 1. The van der Waals surface area contributed by atoms with Crippen molar-refractivity contribution in [3.8, 4) is 5.75 Å². The van der Waals surface area contributed by atoms with Crippen LogP contribution >= 0.6 is 0 Å². The van der Waals surface area contributed by atoms with Gasteiger partial charge in [-0.15, -0.1) is 0 Å². The van der Waals surface area contributed by atoms with Crippen molar-refractivity contribution in [2.24, 2.45) is 11.8 Å². The zero-order chi connectivity index (χ0) is 16.7. The van der Waals surface area contributed by atoms with Gasteiger partial charge >= 0.3 is 0 Å². The summed E-state index contributed by atoms with van der Waals surface area (Å²) in [5.74, 6) is 2.03. The van der Waals surface area contributed by atoms with E-state index < -0.39 is 0 Å². The maximum atomic E-state index is 12.6. The minimum atomic E-state index is 0.116. The molecule has 0 spiro atoms. The number of H-pyrrole nitrogens is 1. The van der Waals surface area contributed by atoms with E-state index in [0.29, 0.717) is 23.6 Å². The van der Waals surface area contributed by atoms with Crippen LogP contribution in [0.5, 0.6) is 5.75 Å². The molecule has 2 fully saturated rings. The van der Waals surface area contributed by atoms with Crippen LogP contribution in [0.3, 0.4) is 0 Å². The molecule has 1 amide bonds. The summed E-state index contributed by atoms with van der Waals surface area (Å²) in [6.45, 7) is 2.71. The number of hydrogen-bond donors (Lipinski definition) is 1. The number of likely N-dealkylation sites (tertiary alicyclic amines) is 2. The molecule has 0 radical (unpaired) electrons. The van der Waals surface area contributed by atoms with Crippen LogP contribution in [0.2, 0.25) is 0 Å². The Hall–Kier alpha value is -2.27. The van der Waals surface area contributed by atoms with Crippen LogP contribution in [0.25, 0.3) is 0 Å². The number of fused-ring (bicyclic) bond motifs is 1. The minimum absolute atomic E-state index is 0.116. The van der Waals surface area contributed by atoms with Crippen molar-refractivity contribution in [1.82, 2.24) is 14.8 Å². The standard InChI is InChI=1S/C19H23N3O2/c1-21-10-14-11-22(19(23)17-4-3-9-20-17)12-16(14)18(21)13-5-7-15(24-2)8-6-13/h3-9,14,16,18,20H,10-12H2,1-2H3/t14-,16+,18-/m0/s1. The highest BCUT2D eigenvalue weighted by atomic mass is 16.5. The zero-order valence-electron chi connectivity index (χ0n) is 14.1. The second-order valence-corrected chi connectivity index (χ2v) is 6.88. The predicted octanol–water partition coefficient (Wildman–Crippen LogP) is 2.40. The van der Waals surface area contributed by atoms with E-state index >= 15 is 0 Å². The summed E-state index contributed by atoms with van der Waals surface area (Å²) in [4.78, 5) is 20.1. The molecule has 5 heteroatoms. The Bertz CT molecular complexity index is 711. The van der Waals surface area contributed by atoms with Crippen LogP contribution in [-0.4, -0.2) is 54.5 Å². The highest BCUT2D eigenvalue weighted by Crippen LogP contribution is 2.44. The number of benzene rings is 1. The molecule has 3 heterocycles. The Morgan fingerprint density at radius 1 is 1.17 bits per heavy atom. The average molecular weight is 325 g/mol. The van der Waals surface area contributed by atoms with Crippen LogP contribution in [0, 0.1) is 11.8 Å². The monoisotopic (exact) mass is 325 g/mol. The predicted molar refractivity (Wildman–Crippen MR) is 92.0 cm³/mol. The van der Waals surface area contributed by atoms with Gasteiger partial charge in [-0.1, -0.05) is 12.1 Å². The molecule has 24 heavy (non-hydrogen) atoms. The molecule has 3 atom stereocenters. The van der Waals surface area contributed by atoms with E-state index in [1.165, 1.54) is 5.56 Å². The van der Waals surface area contributed by atoms with Crippen molar-refractivity contribution >= 4 is 5.91 Å². The van der Waals surface area contributed by atoms with Gasteiger partial charge in [-0.3, -0.25) is 9.69 Å². The Labute approximate surface area is 142 Å². The first-order valence-corrected chi connectivity index (χ1v) is 8.44. The van der Waals surface area contributed by atoms with Gasteiger partial charge in [0.2, 0.25) is 0 Å². The second-order valence-electron chi connectivity index (χ2n) is 6.88. The van der Waals surface area contributed by atoms with E-state index in [0.717, 1.165) is 25.4 Å². The second kappa shape index (κ2) is 5.98. The summed E-state index contributed by atoms with van der Waals surface area (Å²) in [6.07, 6.45) is 1.80. The average Bonchev–Trinajstić information content (AvgIpc) is 3.30. The van der Waals surface area contributed by atoms with E-state index in [2.05, 4.69) is 29.1 Å². The Kier molecular flexibility index (Phi) is 3.81. The quantitative estimate of drug-likeness (QED) is 0.943. The van der Waals surface area contributed by atoms with Crippen LogP contribution in [0.15, 0.2) is 42.6 Å². The molecule has 5 nitrogen and oxygen atoms in total. The Morgan fingerprint density at radius 2 is 1.96 bits per heavy atom. The van der Waals surface area contributed by atoms with Crippen molar-refractivity contribution in [3.63, 3.8) is 0 Å². The van der Waals surface area contributed by atoms with E-state index in [9.17, 15) is 4.79 Å². The molecule has 2 aliphatic heterocycles. The largest absolute Gasteiger partial charge is 0.497 e. The van der Waals surface area contributed by atoms with Crippen molar-refractivity contribution in [2.45, 2.75) is 6.04 Å². The van der Waals surface area contributed by atoms with Crippen LogP contribution in [0.4, 0.5) is 0 Å². The number of aromatic amines is 1. The third-order valence-corrected chi connectivity index (χ3v) is 5.47. The molecule has 0 bridgehead atoms. The van der Waals surface area contributed by atoms with E-state index in [1.807, 2.05) is 29.2 Å². The topological polar surface area (TPSA) is 48.6 Å². The number of methoxy groups -OCH3 is 1. The number of nitrogens with zero attached hydrogens (tertiary/aromatic N) is 2. The third-order valence-electron chi connectivity index (χ3n) is 5.47. The molecule has 2 aliphatic rings. The summed E-state index contributed by atoms with van der Waals surface area (Å²) >= 11 is 0. The van der Waals surface area contributed by atoms with Gasteiger partial charge < -0.3 is 14.6 Å². The maximum absolute atomic E-state index is 12.6. The lowest BCUT2D eigenvalue weighted by Gasteiger charge is -2.27. The molecule has 0 aliphatic carbocycles. The van der Waals surface area contributed by atoms with Gasteiger partial charge in [0.05, 0.1) is 7.11 Å². The SMILES string of the molecule is COc1ccc([C@H]2[C@@H]3CN(C(=O)c4ccc[nH]4)C[C@@H]3CN2C)cc1. The molecule has 2 aromatic rings. The van der Waals surface area contributed by atoms with Gasteiger partial charge in [-0.05, 0) is 42.8 Å². The first-order chi connectivity index (χ1) is 11.7. The summed E-state index contributed by atoms with van der Waals surface area (Å²) in [7, 11) is 3.87. The number of rotatable bonds is 3. The summed E-state index contributed by atoms with van der Waals surface area (Å²) in [5.41, 5.74) is 1.99. The van der Waals surface area contributed by atoms with Crippen molar-refractivity contribution in [3.05, 3.63) is 53.9 Å². The summed E-state index contributed by atoms with van der Waals surface area (Å²) in [6, 6.07) is 12.4. The van der Waals surface area contributed by atoms with Gasteiger partial charge in [0.25, 0.3) is 5.91 Å². The molecule has 1 N–H and O–H groups in total. The molecule has 0 saturated carbocycles. The van der Waals surface area contributed by atoms with E-state index in [1.54, 1.807) is 13.3 Å².